The van der Waals surface area contributed by atoms with Crippen LogP contribution in [0.1, 0.15) is 25.8 Å². The smallest absolute Gasteiger partial charge is 0.238 e. The maximum Gasteiger partial charge on any atom is 0.238 e. The largest absolute Gasteiger partial charge is 0.495 e. The fraction of sp³-hybridized carbons (Fsp3) is 0.588. The van der Waals surface area contributed by atoms with Crippen LogP contribution in [0.4, 0.5) is 5.69 Å². The summed E-state index contributed by atoms with van der Waals surface area (Å²) >= 11 is 0. The summed E-state index contributed by atoms with van der Waals surface area (Å²) in [4.78, 5) is 14.5. The van der Waals surface area contributed by atoms with Crippen molar-refractivity contribution in [3.63, 3.8) is 0 Å². The number of rotatable bonds is 4. The molecule has 1 aromatic carbocycles. The number of carbonyl (C=O) groups excluding carboxylic acids is 1. The third-order valence-corrected chi connectivity index (χ3v) is 4.39. The molecule has 0 radical (unpaired) electrons. The highest BCUT2D eigenvalue weighted by atomic mass is 35.5. The fourth-order valence-electron chi connectivity index (χ4n) is 2.93. The number of amides is 1. The zero-order valence-corrected chi connectivity index (χ0v) is 15.2. The van der Waals surface area contributed by atoms with Gasteiger partial charge in [-0.05, 0) is 36.5 Å². The Morgan fingerprint density at radius 3 is 2.78 bits per heavy atom. The fourth-order valence-corrected chi connectivity index (χ4v) is 2.93. The number of carbonyl (C=O) groups is 1. The molecule has 6 heteroatoms. The van der Waals surface area contributed by atoms with Gasteiger partial charge in [0.1, 0.15) is 5.75 Å². The highest BCUT2D eigenvalue weighted by molar-refractivity contribution is 5.93. The summed E-state index contributed by atoms with van der Waals surface area (Å²) in [6.45, 7) is 8.39. The first-order valence-electron chi connectivity index (χ1n) is 7.74. The summed E-state index contributed by atoms with van der Waals surface area (Å²) in [5.74, 6) is 0.662. The van der Waals surface area contributed by atoms with Gasteiger partial charge in [0.05, 0.1) is 19.3 Å². The molecule has 0 saturated carbocycles. The number of anilines is 1. The number of aryl methyl sites for hydroxylation is 1. The second kappa shape index (κ2) is 7.99. The first kappa shape index (κ1) is 19.7. The molecule has 1 aliphatic heterocycles. The standard InChI is InChI=1S/C17H27N3O2.ClH/c1-12-5-6-14(22-4)13(9-12)19-16(21)10-20-8-7-15(18)17(2,3)11-20;/h5-6,9,15H,7-8,10-11,18H2,1-4H3,(H,19,21);1H. The summed E-state index contributed by atoms with van der Waals surface area (Å²) < 4.78 is 5.29. The third kappa shape index (κ3) is 5.09. The minimum absolute atomic E-state index is 0. The van der Waals surface area contributed by atoms with E-state index in [4.69, 9.17) is 10.5 Å². The summed E-state index contributed by atoms with van der Waals surface area (Å²) in [6, 6.07) is 5.95. The minimum Gasteiger partial charge on any atom is -0.495 e. The Balaban J connectivity index is 0.00000264. The highest BCUT2D eigenvalue weighted by Gasteiger charge is 2.33. The maximum atomic E-state index is 12.3. The first-order valence-corrected chi connectivity index (χ1v) is 7.74. The third-order valence-electron chi connectivity index (χ3n) is 4.39. The number of halogens is 1. The molecule has 0 aliphatic carbocycles. The van der Waals surface area contributed by atoms with Gasteiger partial charge in [0.2, 0.25) is 5.91 Å². The van der Waals surface area contributed by atoms with Gasteiger partial charge in [0, 0.05) is 19.1 Å². The number of ether oxygens (including phenoxy) is 1. The average molecular weight is 342 g/mol. The number of piperidine rings is 1. The van der Waals surface area contributed by atoms with E-state index in [0.717, 1.165) is 30.8 Å². The van der Waals surface area contributed by atoms with Gasteiger partial charge in [-0.3, -0.25) is 9.69 Å². The zero-order chi connectivity index (χ0) is 16.3. The number of methoxy groups -OCH3 is 1. The van der Waals surface area contributed by atoms with Crippen molar-refractivity contribution >= 4 is 24.0 Å². The Morgan fingerprint density at radius 2 is 2.17 bits per heavy atom. The molecule has 3 N–H and O–H groups in total. The predicted octanol–water partition coefficient (Wildman–Crippen LogP) is 2.42. The van der Waals surface area contributed by atoms with Crippen molar-refractivity contribution in [1.29, 1.82) is 0 Å². The molecule has 1 fully saturated rings. The lowest BCUT2D eigenvalue weighted by atomic mass is 9.80. The lowest BCUT2D eigenvalue weighted by Gasteiger charge is -2.42. The maximum absolute atomic E-state index is 12.3. The Bertz CT molecular complexity index is 549. The molecule has 0 aromatic heterocycles. The number of nitrogens with two attached hydrogens (primary N) is 1. The van der Waals surface area contributed by atoms with Gasteiger partial charge in [-0.25, -0.2) is 0 Å². The van der Waals surface area contributed by atoms with E-state index in [1.165, 1.54) is 0 Å². The number of benzene rings is 1. The summed E-state index contributed by atoms with van der Waals surface area (Å²) in [6.07, 6.45) is 0.925. The Morgan fingerprint density at radius 1 is 1.48 bits per heavy atom. The normalized spacial score (nSPS) is 20.5. The van der Waals surface area contributed by atoms with E-state index in [1.807, 2.05) is 25.1 Å². The van der Waals surface area contributed by atoms with E-state index in [9.17, 15) is 4.79 Å². The highest BCUT2D eigenvalue weighted by Crippen LogP contribution is 2.28. The molecule has 2 rings (SSSR count). The topological polar surface area (TPSA) is 67.6 Å². The molecule has 1 heterocycles. The number of hydrogen-bond donors (Lipinski definition) is 2. The van der Waals surface area contributed by atoms with Crippen LogP contribution in [0.2, 0.25) is 0 Å². The second-order valence-electron chi connectivity index (χ2n) is 6.85. The lowest BCUT2D eigenvalue weighted by Crippen LogP contribution is -2.53. The Labute approximate surface area is 145 Å². The Kier molecular flexibility index (Phi) is 6.86. The molecule has 1 aliphatic rings. The van der Waals surface area contributed by atoms with E-state index in [-0.39, 0.29) is 29.8 Å². The molecule has 0 spiro atoms. The molecule has 1 atom stereocenters. The molecule has 1 aromatic rings. The zero-order valence-electron chi connectivity index (χ0n) is 14.4. The summed E-state index contributed by atoms with van der Waals surface area (Å²) in [5.41, 5.74) is 7.99. The van der Waals surface area contributed by atoms with Crippen LogP contribution in [0.15, 0.2) is 18.2 Å². The van der Waals surface area contributed by atoms with Crippen LogP contribution in [-0.2, 0) is 4.79 Å². The van der Waals surface area contributed by atoms with Gasteiger partial charge < -0.3 is 15.8 Å². The molecule has 0 bridgehead atoms. The SMILES string of the molecule is COc1ccc(C)cc1NC(=O)CN1CCC(N)C(C)(C)C1.Cl. The molecule has 1 unspecified atom stereocenters. The van der Waals surface area contributed by atoms with E-state index in [2.05, 4.69) is 24.1 Å². The average Bonchev–Trinajstić information content (AvgIpc) is 2.43. The number of hydrogen-bond acceptors (Lipinski definition) is 4. The number of nitrogens with zero attached hydrogens (tertiary/aromatic N) is 1. The van der Waals surface area contributed by atoms with E-state index in [1.54, 1.807) is 7.11 Å². The van der Waals surface area contributed by atoms with E-state index in [0.29, 0.717) is 12.3 Å². The van der Waals surface area contributed by atoms with Gasteiger partial charge in [0.15, 0.2) is 0 Å². The lowest BCUT2D eigenvalue weighted by molar-refractivity contribution is -0.118. The molecule has 5 nitrogen and oxygen atoms in total. The monoisotopic (exact) mass is 341 g/mol. The minimum atomic E-state index is -0.0184. The van der Waals surface area contributed by atoms with Crippen LogP contribution in [0.5, 0.6) is 5.75 Å². The van der Waals surface area contributed by atoms with Gasteiger partial charge in [-0.2, -0.15) is 0 Å². The first-order chi connectivity index (χ1) is 10.3. The second-order valence-corrected chi connectivity index (χ2v) is 6.85. The molecule has 1 amide bonds. The van der Waals surface area contributed by atoms with Crippen molar-refractivity contribution in [3.8, 4) is 5.75 Å². The van der Waals surface area contributed by atoms with Gasteiger partial charge >= 0.3 is 0 Å². The van der Waals surface area contributed by atoms with Gasteiger partial charge in [0.25, 0.3) is 0 Å². The van der Waals surface area contributed by atoms with Gasteiger partial charge in [-0.1, -0.05) is 19.9 Å². The molecular formula is C17H28ClN3O2. The van der Waals surface area contributed by atoms with Crippen molar-refractivity contribution in [2.24, 2.45) is 11.1 Å². The van der Waals surface area contributed by atoms with Crippen LogP contribution >= 0.6 is 12.4 Å². The van der Waals surface area contributed by atoms with Gasteiger partial charge in [-0.15, -0.1) is 12.4 Å². The summed E-state index contributed by atoms with van der Waals surface area (Å²) in [5, 5.41) is 2.95. The molecule has 23 heavy (non-hydrogen) atoms. The van der Waals surface area contributed by atoms with Crippen molar-refractivity contribution in [2.45, 2.75) is 33.2 Å². The van der Waals surface area contributed by atoms with Crippen LogP contribution in [0.25, 0.3) is 0 Å². The molecule has 1 saturated heterocycles. The molecule has 130 valence electrons. The van der Waals surface area contributed by atoms with Crippen molar-refractivity contribution < 1.29 is 9.53 Å². The quantitative estimate of drug-likeness (QED) is 0.882. The van der Waals surface area contributed by atoms with Crippen molar-refractivity contribution in [2.75, 3.05) is 32.1 Å². The van der Waals surface area contributed by atoms with E-state index >= 15 is 0 Å². The number of nitrogens with one attached hydrogen (secondary N) is 1. The predicted molar refractivity (Wildman–Crippen MR) is 96.4 cm³/mol. The summed E-state index contributed by atoms with van der Waals surface area (Å²) in [7, 11) is 1.61. The number of likely N-dealkylation sites (tertiary alicyclic amines) is 1. The van der Waals surface area contributed by atoms with Crippen molar-refractivity contribution in [3.05, 3.63) is 23.8 Å². The van der Waals surface area contributed by atoms with Crippen molar-refractivity contribution in [1.82, 2.24) is 4.90 Å². The van der Waals surface area contributed by atoms with Crippen LogP contribution < -0.4 is 15.8 Å². The van der Waals surface area contributed by atoms with Crippen LogP contribution in [-0.4, -0.2) is 43.6 Å². The van der Waals surface area contributed by atoms with Crippen LogP contribution in [0.3, 0.4) is 0 Å². The van der Waals surface area contributed by atoms with Crippen LogP contribution in [0, 0.1) is 12.3 Å². The van der Waals surface area contributed by atoms with E-state index < -0.39 is 0 Å². The molecular weight excluding hydrogens is 314 g/mol. The Hall–Kier alpha value is -1.30.